The first kappa shape index (κ1) is 11.5. The van der Waals surface area contributed by atoms with Crippen molar-refractivity contribution in [3.63, 3.8) is 0 Å². The summed E-state index contributed by atoms with van der Waals surface area (Å²) >= 11 is 0. The smallest absolute Gasteiger partial charge is 0.0172 e. The molecule has 0 heterocycles. The maximum absolute atomic E-state index is 3.79. The predicted molar refractivity (Wildman–Crippen MR) is 56.9 cm³/mol. The number of hydrogen-bond acceptors (Lipinski definition) is 0. The van der Waals surface area contributed by atoms with Crippen LogP contribution in [0.3, 0.4) is 0 Å². The predicted octanol–water partition coefficient (Wildman–Crippen LogP) is 4.15. The summed E-state index contributed by atoms with van der Waals surface area (Å²) < 4.78 is 0. The van der Waals surface area contributed by atoms with Crippen molar-refractivity contribution < 1.29 is 0 Å². The molecule has 0 bridgehead atoms. The van der Waals surface area contributed by atoms with Crippen molar-refractivity contribution in [1.29, 1.82) is 0 Å². The van der Waals surface area contributed by atoms with Crippen LogP contribution in [0.5, 0.6) is 0 Å². The largest absolute Gasteiger partial charge is 0.103 e. The summed E-state index contributed by atoms with van der Waals surface area (Å²) in [5, 5.41) is 0. The Hall–Kier alpha value is -0.520. The summed E-state index contributed by atoms with van der Waals surface area (Å²) in [4.78, 5) is 0. The van der Waals surface area contributed by atoms with E-state index >= 15 is 0 Å². The second-order valence-corrected chi connectivity index (χ2v) is 3.13. The van der Waals surface area contributed by atoms with Crippen LogP contribution in [0, 0.1) is 11.8 Å². The number of hydrogen-bond donors (Lipinski definition) is 0. The molecule has 0 aromatic heterocycles. The van der Waals surface area contributed by atoms with Gasteiger partial charge in [-0.05, 0) is 31.1 Å². The molecule has 0 aliphatic rings. The standard InChI is InChI=1S/C12H21/c1-5-9-11(7-3)12(8-4)10-6-2/h5-6,11H,1-2,7-10H2,3-4H3. The summed E-state index contributed by atoms with van der Waals surface area (Å²) in [7, 11) is 0. The molecule has 1 unspecified atom stereocenters. The van der Waals surface area contributed by atoms with E-state index in [1.54, 1.807) is 5.92 Å². The Balaban J connectivity index is 4.00. The van der Waals surface area contributed by atoms with Gasteiger partial charge in [-0.25, -0.2) is 0 Å². The molecule has 0 aromatic rings. The second-order valence-electron chi connectivity index (χ2n) is 3.13. The van der Waals surface area contributed by atoms with Gasteiger partial charge in [0.05, 0.1) is 0 Å². The van der Waals surface area contributed by atoms with E-state index in [-0.39, 0.29) is 0 Å². The topological polar surface area (TPSA) is 0 Å². The molecule has 1 radical (unpaired) electrons. The average molecular weight is 165 g/mol. The first-order valence-electron chi connectivity index (χ1n) is 4.86. The van der Waals surface area contributed by atoms with E-state index in [1.807, 2.05) is 12.2 Å². The van der Waals surface area contributed by atoms with Crippen LogP contribution in [0.1, 0.15) is 39.5 Å². The molecular weight excluding hydrogens is 144 g/mol. The minimum absolute atomic E-state index is 0.727. The van der Waals surface area contributed by atoms with Gasteiger partial charge in [0.25, 0.3) is 0 Å². The van der Waals surface area contributed by atoms with Gasteiger partial charge in [0, 0.05) is 0 Å². The third-order valence-corrected chi connectivity index (χ3v) is 2.38. The lowest BCUT2D eigenvalue weighted by atomic mass is 9.83. The van der Waals surface area contributed by atoms with E-state index in [0.717, 1.165) is 18.8 Å². The molecule has 0 nitrogen and oxygen atoms in total. The molecule has 0 saturated heterocycles. The van der Waals surface area contributed by atoms with Crippen molar-refractivity contribution >= 4 is 0 Å². The van der Waals surface area contributed by atoms with E-state index in [1.165, 1.54) is 12.8 Å². The van der Waals surface area contributed by atoms with E-state index in [9.17, 15) is 0 Å². The zero-order valence-electron chi connectivity index (χ0n) is 8.47. The molecule has 0 N–H and O–H groups in total. The fourth-order valence-corrected chi connectivity index (χ4v) is 1.61. The number of rotatable bonds is 7. The lowest BCUT2D eigenvalue weighted by Gasteiger charge is -2.22. The first-order chi connectivity index (χ1) is 5.79. The van der Waals surface area contributed by atoms with Gasteiger partial charge in [-0.15, -0.1) is 13.2 Å². The van der Waals surface area contributed by atoms with E-state index < -0.39 is 0 Å². The fraction of sp³-hybridized carbons (Fsp3) is 0.583. The van der Waals surface area contributed by atoms with Crippen molar-refractivity contribution in [1.82, 2.24) is 0 Å². The first-order valence-corrected chi connectivity index (χ1v) is 4.86. The summed E-state index contributed by atoms with van der Waals surface area (Å²) in [5.74, 6) is 2.35. The van der Waals surface area contributed by atoms with E-state index in [0.29, 0.717) is 0 Å². The third-order valence-electron chi connectivity index (χ3n) is 2.38. The molecule has 0 saturated carbocycles. The SMILES string of the molecule is C=CC[C](CC)C(CC)CC=C. The van der Waals surface area contributed by atoms with Crippen molar-refractivity contribution in [2.75, 3.05) is 0 Å². The normalized spacial score (nSPS) is 12.9. The lowest BCUT2D eigenvalue weighted by molar-refractivity contribution is 0.495. The van der Waals surface area contributed by atoms with Gasteiger partial charge in [-0.2, -0.15) is 0 Å². The number of allylic oxidation sites excluding steroid dienone is 2. The van der Waals surface area contributed by atoms with Crippen molar-refractivity contribution in [2.45, 2.75) is 39.5 Å². The molecule has 1 atom stereocenters. The molecule has 0 fully saturated rings. The Bertz CT molecular complexity index is 108. The van der Waals surface area contributed by atoms with Crippen LogP contribution >= 0.6 is 0 Å². The minimum atomic E-state index is 0.727. The van der Waals surface area contributed by atoms with Crippen LogP contribution in [-0.2, 0) is 0 Å². The van der Waals surface area contributed by atoms with Crippen LogP contribution in [0.25, 0.3) is 0 Å². The minimum Gasteiger partial charge on any atom is -0.103 e. The van der Waals surface area contributed by atoms with Gasteiger partial charge in [0.1, 0.15) is 0 Å². The maximum Gasteiger partial charge on any atom is -0.0172 e. The molecule has 0 heteroatoms. The van der Waals surface area contributed by atoms with Crippen LogP contribution in [0.2, 0.25) is 0 Å². The monoisotopic (exact) mass is 165 g/mol. The van der Waals surface area contributed by atoms with Gasteiger partial charge >= 0.3 is 0 Å². The molecule has 0 aliphatic heterocycles. The van der Waals surface area contributed by atoms with Crippen molar-refractivity contribution in [3.05, 3.63) is 31.2 Å². The molecule has 0 spiro atoms. The Morgan fingerprint density at radius 3 is 2.25 bits per heavy atom. The Kier molecular flexibility index (Phi) is 6.84. The Labute approximate surface area is 77.4 Å². The molecule has 69 valence electrons. The summed E-state index contributed by atoms with van der Waals surface area (Å²) in [6, 6.07) is 0. The van der Waals surface area contributed by atoms with Crippen LogP contribution in [0.4, 0.5) is 0 Å². The Morgan fingerprint density at radius 2 is 1.92 bits per heavy atom. The average Bonchev–Trinajstić information content (AvgIpc) is 2.11. The van der Waals surface area contributed by atoms with E-state index in [2.05, 4.69) is 27.0 Å². The van der Waals surface area contributed by atoms with Gasteiger partial charge in [-0.3, -0.25) is 0 Å². The molecular formula is C12H21. The highest BCUT2D eigenvalue weighted by molar-refractivity contribution is 5.01. The summed E-state index contributed by atoms with van der Waals surface area (Å²) in [6.45, 7) is 12.0. The summed E-state index contributed by atoms with van der Waals surface area (Å²) in [5.41, 5.74) is 0. The van der Waals surface area contributed by atoms with Crippen LogP contribution in [-0.4, -0.2) is 0 Å². The Morgan fingerprint density at radius 1 is 1.25 bits per heavy atom. The van der Waals surface area contributed by atoms with Crippen LogP contribution < -0.4 is 0 Å². The van der Waals surface area contributed by atoms with Crippen LogP contribution in [0.15, 0.2) is 25.3 Å². The zero-order chi connectivity index (χ0) is 9.40. The summed E-state index contributed by atoms with van der Waals surface area (Å²) in [6.07, 6.45) is 8.62. The fourth-order valence-electron chi connectivity index (χ4n) is 1.61. The molecule has 0 aliphatic carbocycles. The highest BCUT2D eigenvalue weighted by atomic mass is 14.2. The quantitative estimate of drug-likeness (QED) is 0.497. The van der Waals surface area contributed by atoms with Gasteiger partial charge < -0.3 is 0 Å². The molecule has 12 heavy (non-hydrogen) atoms. The second kappa shape index (κ2) is 7.15. The molecule has 0 rings (SSSR count). The van der Waals surface area contributed by atoms with Crippen molar-refractivity contribution in [3.8, 4) is 0 Å². The highest BCUT2D eigenvalue weighted by Gasteiger charge is 2.15. The molecule has 0 amide bonds. The maximum atomic E-state index is 3.79. The van der Waals surface area contributed by atoms with Crippen molar-refractivity contribution in [2.24, 2.45) is 5.92 Å². The van der Waals surface area contributed by atoms with Gasteiger partial charge in [0.2, 0.25) is 0 Å². The zero-order valence-corrected chi connectivity index (χ0v) is 8.47. The third kappa shape index (κ3) is 3.75. The van der Waals surface area contributed by atoms with Gasteiger partial charge in [0.15, 0.2) is 0 Å². The van der Waals surface area contributed by atoms with Gasteiger partial charge in [-0.1, -0.05) is 32.4 Å². The lowest BCUT2D eigenvalue weighted by Crippen LogP contribution is -2.09. The highest BCUT2D eigenvalue weighted by Crippen LogP contribution is 2.28. The molecule has 0 aromatic carbocycles. The van der Waals surface area contributed by atoms with E-state index in [4.69, 9.17) is 0 Å².